The Morgan fingerprint density at radius 1 is 1.02 bits per heavy atom. The van der Waals surface area contributed by atoms with E-state index in [1.165, 1.54) is 11.9 Å². The van der Waals surface area contributed by atoms with E-state index in [-0.39, 0.29) is 6.04 Å². The average molecular weight is 583 g/mol. The summed E-state index contributed by atoms with van der Waals surface area (Å²) in [6, 6.07) is 13.4. The van der Waals surface area contributed by atoms with Crippen molar-refractivity contribution in [2.45, 2.75) is 57.5 Å². The number of nitrogens with two attached hydrogens (primary N) is 1. The molecule has 224 valence electrons. The number of methoxy groups -OCH3 is 1. The molecule has 0 bridgehead atoms. The van der Waals surface area contributed by atoms with Gasteiger partial charge < -0.3 is 24.9 Å². The van der Waals surface area contributed by atoms with E-state index in [0.29, 0.717) is 29.2 Å². The van der Waals surface area contributed by atoms with Gasteiger partial charge in [0.05, 0.1) is 31.8 Å². The second kappa shape index (κ2) is 11.8. The lowest BCUT2D eigenvalue weighted by Gasteiger charge is -2.38. The van der Waals surface area contributed by atoms with Crippen molar-refractivity contribution < 1.29 is 13.9 Å². The Kier molecular flexibility index (Phi) is 7.58. The van der Waals surface area contributed by atoms with Crippen LogP contribution >= 0.6 is 0 Å². The molecule has 5 aromatic rings. The van der Waals surface area contributed by atoms with Gasteiger partial charge in [0, 0.05) is 30.4 Å². The molecule has 0 spiro atoms. The normalized spacial score (nSPS) is 19.7. The van der Waals surface area contributed by atoms with Crippen LogP contribution in [0.25, 0.3) is 33.4 Å². The number of nitrogen functional groups attached to an aromatic ring is 1. The number of rotatable bonds is 8. The molecular formula is C32H38N8O3. The Bertz CT molecular complexity index is 1720. The van der Waals surface area contributed by atoms with E-state index in [4.69, 9.17) is 24.7 Å². The molecule has 1 aliphatic heterocycles. The summed E-state index contributed by atoms with van der Waals surface area (Å²) < 4.78 is 19.2. The van der Waals surface area contributed by atoms with E-state index in [9.17, 15) is 0 Å². The van der Waals surface area contributed by atoms with Crippen LogP contribution in [-0.4, -0.2) is 69.1 Å². The number of hydrogen-bond donors (Lipinski definition) is 2. The first kappa shape index (κ1) is 27.6. The van der Waals surface area contributed by atoms with Crippen LogP contribution in [0.2, 0.25) is 0 Å². The highest BCUT2D eigenvalue weighted by Gasteiger charge is 2.30. The molecule has 4 heterocycles. The van der Waals surface area contributed by atoms with Gasteiger partial charge in [0.1, 0.15) is 23.4 Å². The van der Waals surface area contributed by atoms with Crippen LogP contribution in [0.15, 0.2) is 47.1 Å². The fraction of sp³-hybridized carbons (Fsp3) is 0.438. The highest BCUT2D eigenvalue weighted by Crippen LogP contribution is 2.38. The molecule has 2 aliphatic rings. The zero-order valence-corrected chi connectivity index (χ0v) is 24.8. The van der Waals surface area contributed by atoms with Gasteiger partial charge in [-0.25, -0.2) is 14.6 Å². The summed E-state index contributed by atoms with van der Waals surface area (Å²) in [5.74, 6) is 1.13. The van der Waals surface area contributed by atoms with E-state index >= 15 is 0 Å². The number of oxazole rings is 1. The van der Waals surface area contributed by atoms with Gasteiger partial charge in [-0.2, -0.15) is 10.1 Å². The largest absolute Gasteiger partial charge is 0.493 e. The maximum Gasteiger partial charge on any atom is 0.300 e. The molecule has 2 fully saturated rings. The number of ether oxygens (including phenoxy) is 2. The zero-order chi connectivity index (χ0) is 29.3. The van der Waals surface area contributed by atoms with Gasteiger partial charge in [0.15, 0.2) is 17.0 Å². The van der Waals surface area contributed by atoms with Crippen molar-refractivity contribution in [2.75, 3.05) is 44.5 Å². The third-order valence-corrected chi connectivity index (χ3v) is 8.78. The molecule has 0 unspecified atom stereocenters. The van der Waals surface area contributed by atoms with Crippen LogP contribution in [0.3, 0.4) is 0 Å². The summed E-state index contributed by atoms with van der Waals surface area (Å²) >= 11 is 0. The van der Waals surface area contributed by atoms with Gasteiger partial charge in [-0.3, -0.25) is 4.90 Å². The molecule has 11 nitrogen and oxygen atoms in total. The predicted molar refractivity (Wildman–Crippen MR) is 167 cm³/mol. The van der Waals surface area contributed by atoms with Crippen LogP contribution in [0.5, 0.6) is 5.75 Å². The number of aryl methyl sites for hydroxylation is 1. The first-order valence-corrected chi connectivity index (χ1v) is 15.3. The molecule has 7 rings (SSSR count). The monoisotopic (exact) mass is 582 g/mol. The van der Waals surface area contributed by atoms with E-state index in [0.717, 1.165) is 98.3 Å². The highest BCUT2D eigenvalue weighted by molar-refractivity contribution is 5.98. The minimum Gasteiger partial charge on any atom is -0.493 e. The maximum absolute atomic E-state index is 6.41. The third kappa shape index (κ3) is 5.38. The van der Waals surface area contributed by atoms with Gasteiger partial charge in [-0.1, -0.05) is 25.5 Å². The summed E-state index contributed by atoms with van der Waals surface area (Å²) in [7, 11) is 1.65. The molecular weight excluding hydrogens is 544 g/mol. The number of nitrogens with zero attached hydrogens (tertiary/aromatic N) is 6. The maximum atomic E-state index is 6.41. The smallest absolute Gasteiger partial charge is 0.300 e. The van der Waals surface area contributed by atoms with Gasteiger partial charge in [0.2, 0.25) is 0 Å². The summed E-state index contributed by atoms with van der Waals surface area (Å²) in [6.07, 6.45) is 7.94. The lowest BCUT2D eigenvalue weighted by atomic mass is 9.90. The number of hydrogen-bond acceptors (Lipinski definition) is 10. The number of benzene rings is 2. The van der Waals surface area contributed by atoms with Crippen molar-refractivity contribution in [3.8, 4) is 17.0 Å². The van der Waals surface area contributed by atoms with Gasteiger partial charge in [-0.05, 0) is 61.9 Å². The van der Waals surface area contributed by atoms with Crippen molar-refractivity contribution in [1.29, 1.82) is 0 Å². The van der Waals surface area contributed by atoms with Crippen LogP contribution in [0, 0.1) is 0 Å². The third-order valence-electron chi connectivity index (χ3n) is 8.78. The molecule has 1 aliphatic carbocycles. The van der Waals surface area contributed by atoms with Crippen molar-refractivity contribution in [1.82, 2.24) is 29.6 Å². The summed E-state index contributed by atoms with van der Waals surface area (Å²) in [6.45, 7) is 5.88. The average Bonchev–Trinajstić information content (AvgIpc) is 3.64. The number of fused-ring (bicyclic) bond motifs is 2. The number of aromatic nitrogens is 5. The molecule has 3 N–H and O–H groups in total. The Morgan fingerprint density at radius 2 is 1.79 bits per heavy atom. The molecule has 0 radical (unpaired) electrons. The van der Waals surface area contributed by atoms with Gasteiger partial charge in [0.25, 0.3) is 6.01 Å². The van der Waals surface area contributed by atoms with Crippen LogP contribution in [0.1, 0.15) is 50.6 Å². The number of anilines is 3. The lowest BCUT2D eigenvalue weighted by molar-refractivity contribution is 0.00520. The molecule has 0 amide bonds. The molecule has 11 heteroatoms. The Morgan fingerprint density at radius 3 is 2.53 bits per heavy atom. The van der Waals surface area contributed by atoms with Gasteiger partial charge in [-0.15, -0.1) is 0 Å². The van der Waals surface area contributed by atoms with E-state index < -0.39 is 0 Å². The lowest BCUT2D eigenvalue weighted by Crippen LogP contribution is -2.45. The molecule has 43 heavy (non-hydrogen) atoms. The topological polar surface area (TPSA) is 129 Å². The van der Waals surface area contributed by atoms with Crippen molar-refractivity contribution in [3.05, 3.63) is 48.3 Å². The molecule has 1 saturated heterocycles. The molecule has 0 atom stereocenters. The second-order valence-electron chi connectivity index (χ2n) is 11.5. The molecule has 3 aromatic heterocycles. The van der Waals surface area contributed by atoms with Crippen molar-refractivity contribution in [2.24, 2.45) is 0 Å². The summed E-state index contributed by atoms with van der Waals surface area (Å²) in [5.41, 5.74) is 12.4. The van der Waals surface area contributed by atoms with Crippen LogP contribution in [0.4, 0.5) is 17.5 Å². The van der Waals surface area contributed by atoms with E-state index in [1.54, 1.807) is 7.11 Å². The van der Waals surface area contributed by atoms with Crippen LogP contribution in [-0.2, 0) is 11.2 Å². The van der Waals surface area contributed by atoms with E-state index in [2.05, 4.69) is 42.8 Å². The quantitative estimate of drug-likeness (QED) is 0.234. The Labute approximate surface area is 250 Å². The minimum absolute atomic E-state index is 0.276. The van der Waals surface area contributed by atoms with Crippen molar-refractivity contribution in [3.63, 3.8) is 0 Å². The summed E-state index contributed by atoms with van der Waals surface area (Å²) in [5, 5.41) is 9.19. The van der Waals surface area contributed by atoms with Crippen LogP contribution < -0.4 is 15.8 Å². The number of nitrogens with one attached hydrogen (secondary N) is 1. The summed E-state index contributed by atoms with van der Waals surface area (Å²) in [4.78, 5) is 16.2. The second-order valence-corrected chi connectivity index (χ2v) is 11.5. The minimum atomic E-state index is 0.276. The van der Waals surface area contributed by atoms with Gasteiger partial charge >= 0.3 is 0 Å². The Balaban J connectivity index is 1.12. The SMILES string of the molecule is CCCc1cc(OC)c2oc(Nc3ccc(-c4nn(C5CCC(N6CCOCC6)CC5)c5ncnc(N)c45)cc3)nc2c1. The zero-order valence-electron chi connectivity index (χ0n) is 24.8. The van der Waals surface area contributed by atoms with Crippen molar-refractivity contribution >= 4 is 39.7 Å². The first-order valence-electron chi connectivity index (χ1n) is 15.3. The standard InChI is InChI=1S/C32H38N8O3/c1-3-4-20-17-25-29(26(18-20)41-2)43-32(37-25)36-22-7-5-21(6-8-22)28-27-30(33)34-19-35-31(27)40(38-28)24-11-9-23(10-12-24)39-13-15-42-16-14-39/h5-8,17-19,23-24H,3-4,9-16H2,1-2H3,(H,36,37)(H2,33,34,35). The van der Waals surface area contributed by atoms with E-state index in [1.807, 2.05) is 30.3 Å². The predicted octanol–water partition coefficient (Wildman–Crippen LogP) is 5.74. The fourth-order valence-corrected chi connectivity index (χ4v) is 6.59. The molecule has 1 saturated carbocycles. The highest BCUT2D eigenvalue weighted by atomic mass is 16.5. The first-order chi connectivity index (χ1) is 21.1. The fourth-order valence-electron chi connectivity index (χ4n) is 6.59. The molecule has 2 aromatic carbocycles. The Hall–Kier alpha value is -4.22. The number of morpholine rings is 1.